The number of fused-ring (bicyclic) bond motifs is 1. The quantitative estimate of drug-likeness (QED) is 0.903. The molecule has 0 aromatic carbocycles. The molecule has 0 bridgehead atoms. The van der Waals surface area contributed by atoms with Crippen LogP contribution in [-0.4, -0.2) is 39.8 Å². The van der Waals surface area contributed by atoms with Crippen LogP contribution in [0.4, 0.5) is 5.82 Å². The smallest absolute Gasteiger partial charge is 0.349 e. The van der Waals surface area contributed by atoms with E-state index in [-0.39, 0.29) is 41.3 Å². The van der Waals surface area contributed by atoms with Crippen LogP contribution in [0.25, 0.3) is 0 Å². The first-order chi connectivity index (χ1) is 11.1. The number of rotatable bonds is 3. The van der Waals surface area contributed by atoms with Crippen LogP contribution in [0.5, 0.6) is 0 Å². The van der Waals surface area contributed by atoms with Crippen molar-refractivity contribution in [1.29, 1.82) is 0 Å². The third kappa shape index (κ3) is 3.48. The number of ether oxygens (including phenoxy) is 3. The number of hydrogen-bond acceptors (Lipinski definition) is 6. The van der Waals surface area contributed by atoms with E-state index < -0.39 is 5.79 Å². The summed E-state index contributed by atoms with van der Waals surface area (Å²) in [6, 6.07) is 1.50. The van der Waals surface area contributed by atoms with Crippen molar-refractivity contribution in [3.63, 3.8) is 0 Å². The standard InChI is InChI=1S/C17H27N3O4/c1-16(2,3)22-9-10-8-11(14-13(10)23-17(4,5)24-14)20-7-6-12(18)19-15(20)21/h6-7,10-11,13-14H,8-9H2,1-5H3,(H2,18,19,21)/t10-,11-,13+,14?/m1/s1. The summed E-state index contributed by atoms with van der Waals surface area (Å²) in [5, 5.41) is 0. The molecule has 24 heavy (non-hydrogen) atoms. The Morgan fingerprint density at radius 3 is 2.67 bits per heavy atom. The molecule has 1 aliphatic heterocycles. The SMILES string of the molecule is CC(C)(C)OC[C@H]1C[C@@H](n2ccc(N)nc2=O)C2OC(C)(C)O[C@H]21. The molecule has 3 rings (SSSR count). The average Bonchev–Trinajstić information content (AvgIpc) is 2.90. The molecule has 0 radical (unpaired) electrons. The Balaban J connectivity index is 1.86. The summed E-state index contributed by atoms with van der Waals surface area (Å²) in [5.41, 5.74) is 5.02. The van der Waals surface area contributed by atoms with Crippen molar-refractivity contribution in [1.82, 2.24) is 9.55 Å². The number of hydrogen-bond donors (Lipinski definition) is 1. The molecule has 1 saturated carbocycles. The highest BCUT2D eigenvalue weighted by molar-refractivity contribution is 5.24. The summed E-state index contributed by atoms with van der Waals surface area (Å²) in [5.74, 6) is -0.286. The first-order valence-corrected chi connectivity index (χ1v) is 8.40. The van der Waals surface area contributed by atoms with E-state index in [0.717, 1.165) is 6.42 Å². The zero-order chi connectivity index (χ0) is 17.7. The minimum absolute atomic E-state index is 0.100. The van der Waals surface area contributed by atoms with Crippen LogP contribution in [0.1, 0.15) is 47.1 Å². The molecule has 1 saturated heterocycles. The Kier molecular flexibility index (Phi) is 4.22. The lowest BCUT2D eigenvalue weighted by Gasteiger charge is -2.26. The predicted octanol–water partition coefficient (Wildman–Crippen LogP) is 1.72. The second-order valence-electron chi connectivity index (χ2n) is 8.09. The van der Waals surface area contributed by atoms with E-state index in [1.807, 2.05) is 34.6 Å². The molecule has 2 aliphatic rings. The topological polar surface area (TPSA) is 88.6 Å². The highest BCUT2D eigenvalue weighted by atomic mass is 16.8. The summed E-state index contributed by atoms with van der Waals surface area (Å²) in [4.78, 5) is 16.1. The average molecular weight is 337 g/mol. The van der Waals surface area contributed by atoms with Crippen molar-refractivity contribution in [2.45, 2.75) is 70.7 Å². The van der Waals surface area contributed by atoms with Crippen molar-refractivity contribution in [3.05, 3.63) is 22.7 Å². The van der Waals surface area contributed by atoms with E-state index in [4.69, 9.17) is 19.9 Å². The van der Waals surface area contributed by atoms with Crippen molar-refractivity contribution in [2.24, 2.45) is 5.92 Å². The lowest BCUT2D eigenvalue weighted by molar-refractivity contribution is -0.164. The highest BCUT2D eigenvalue weighted by Gasteiger charge is 2.54. The zero-order valence-electron chi connectivity index (χ0n) is 15.0. The number of nitrogen functional groups attached to an aromatic ring is 1. The summed E-state index contributed by atoms with van der Waals surface area (Å²) in [6.45, 7) is 10.4. The van der Waals surface area contributed by atoms with E-state index in [1.165, 1.54) is 0 Å². The van der Waals surface area contributed by atoms with E-state index >= 15 is 0 Å². The van der Waals surface area contributed by atoms with Gasteiger partial charge in [-0.2, -0.15) is 4.98 Å². The number of nitrogens with zero attached hydrogens (tertiary/aromatic N) is 2. The first-order valence-electron chi connectivity index (χ1n) is 8.40. The molecule has 7 nitrogen and oxygen atoms in total. The maximum atomic E-state index is 12.2. The van der Waals surface area contributed by atoms with Crippen LogP contribution in [0.2, 0.25) is 0 Å². The molecule has 2 fully saturated rings. The zero-order valence-corrected chi connectivity index (χ0v) is 15.0. The lowest BCUT2D eigenvalue weighted by Crippen LogP contribution is -2.34. The van der Waals surface area contributed by atoms with Crippen molar-refractivity contribution < 1.29 is 14.2 Å². The summed E-state index contributed by atoms with van der Waals surface area (Å²) in [6.07, 6.45) is 2.13. The third-order valence-corrected chi connectivity index (χ3v) is 4.49. The van der Waals surface area contributed by atoms with Crippen molar-refractivity contribution >= 4 is 5.82 Å². The number of aromatic nitrogens is 2. The van der Waals surface area contributed by atoms with Gasteiger partial charge in [0.2, 0.25) is 0 Å². The Bertz CT molecular complexity index is 665. The van der Waals surface area contributed by atoms with E-state index in [1.54, 1.807) is 16.8 Å². The fourth-order valence-electron chi connectivity index (χ4n) is 3.53. The molecular weight excluding hydrogens is 310 g/mol. The van der Waals surface area contributed by atoms with Gasteiger partial charge in [0.05, 0.1) is 24.4 Å². The van der Waals surface area contributed by atoms with E-state index in [2.05, 4.69) is 4.98 Å². The van der Waals surface area contributed by atoms with E-state index in [9.17, 15) is 4.79 Å². The Morgan fingerprint density at radius 1 is 1.38 bits per heavy atom. The van der Waals surface area contributed by atoms with Gasteiger partial charge in [0.25, 0.3) is 0 Å². The van der Waals surface area contributed by atoms with Gasteiger partial charge in [-0.15, -0.1) is 0 Å². The van der Waals surface area contributed by atoms with Gasteiger partial charge in [0.1, 0.15) is 11.9 Å². The Hall–Kier alpha value is -1.44. The molecule has 0 spiro atoms. The second kappa shape index (κ2) is 5.82. The minimum atomic E-state index is -0.668. The van der Waals surface area contributed by atoms with Crippen LogP contribution in [0, 0.1) is 5.92 Å². The van der Waals surface area contributed by atoms with Crippen LogP contribution >= 0.6 is 0 Å². The Labute approximate surface area is 142 Å². The van der Waals surface area contributed by atoms with Gasteiger partial charge in [-0.3, -0.25) is 4.57 Å². The predicted molar refractivity (Wildman–Crippen MR) is 89.6 cm³/mol. The van der Waals surface area contributed by atoms with Gasteiger partial charge in [0, 0.05) is 12.1 Å². The normalized spacial score (nSPS) is 32.0. The highest BCUT2D eigenvalue weighted by Crippen LogP contribution is 2.46. The molecule has 1 aromatic heterocycles. The largest absolute Gasteiger partial charge is 0.383 e. The number of nitrogens with two attached hydrogens (primary N) is 1. The molecule has 2 heterocycles. The van der Waals surface area contributed by atoms with Gasteiger partial charge in [-0.05, 0) is 47.1 Å². The van der Waals surface area contributed by atoms with Crippen molar-refractivity contribution in [3.8, 4) is 0 Å². The summed E-state index contributed by atoms with van der Waals surface area (Å²) < 4.78 is 19.8. The number of anilines is 1. The molecule has 1 unspecified atom stereocenters. The van der Waals surface area contributed by atoms with Gasteiger partial charge in [-0.1, -0.05) is 0 Å². The van der Waals surface area contributed by atoms with Crippen molar-refractivity contribution in [2.75, 3.05) is 12.3 Å². The lowest BCUT2D eigenvalue weighted by atomic mass is 10.1. The third-order valence-electron chi connectivity index (χ3n) is 4.49. The van der Waals surface area contributed by atoms with Gasteiger partial charge in [-0.25, -0.2) is 4.79 Å². The maximum Gasteiger partial charge on any atom is 0.349 e. The van der Waals surface area contributed by atoms with Crippen LogP contribution < -0.4 is 11.4 Å². The second-order valence-corrected chi connectivity index (χ2v) is 8.09. The first kappa shape index (κ1) is 17.4. The van der Waals surface area contributed by atoms with Gasteiger partial charge >= 0.3 is 5.69 Å². The van der Waals surface area contributed by atoms with Gasteiger partial charge in [0.15, 0.2) is 5.79 Å². The summed E-state index contributed by atoms with van der Waals surface area (Å²) >= 11 is 0. The van der Waals surface area contributed by atoms with Crippen LogP contribution in [0.15, 0.2) is 17.1 Å². The van der Waals surface area contributed by atoms with Crippen LogP contribution in [0.3, 0.4) is 0 Å². The van der Waals surface area contributed by atoms with Gasteiger partial charge < -0.3 is 19.9 Å². The van der Waals surface area contributed by atoms with Crippen LogP contribution in [-0.2, 0) is 14.2 Å². The minimum Gasteiger partial charge on any atom is -0.383 e. The van der Waals surface area contributed by atoms with E-state index in [0.29, 0.717) is 6.61 Å². The molecule has 1 aromatic rings. The molecule has 7 heteroatoms. The Morgan fingerprint density at radius 2 is 2.04 bits per heavy atom. The fourth-order valence-corrected chi connectivity index (χ4v) is 3.53. The molecular formula is C17H27N3O4. The fraction of sp³-hybridized carbons (Fsp3) is 0.765. The maximum absolute atomic E-state index is 12.2. The molecule has 0 amide bonds. The molecule has 1 aliphatic carbocycles. The molecule has 4 atom stereocenters. The summed E-state index contributed by atoms with van der Waals surface area (Å²) in [7, 11) is 0. The monoisotopic (exact) mass is 337 g/mol. The molecule has 2 N–H and O–H groups in total. The molecule has 134 valence electrons.